The van der Waals surface area contributed by atoms with Gasteiger partial charge in [-0.3, -0.25) is 21.2 Å². The molecule has 0 radical (unpaired) electrons. The molecule has 1 saturated heterocycles. The van der Waals surface area contributed by atoms with Crippen LogP contribution in [0.4, 0.5) is 0 Å². The minimum Gasteiger partial charge on any atom is -0.297 e. The Hall–Kier alpha value is -0.970. The van der Waals surface area contributed by atoms with Crippen LogP contribution >= 0.6 is 0 Å². The highest BCUT2D eigenvalue weighted by Gasteiger charge is 2.36. The molecule has 0 amide bonds. The average Bonchev–Trinajstić information content (AvgIpc) is 3.00. The number of nitrogens with two attached hydrogens (primary N) is 1. The summed E-state index contributed by atoms with van der Waals surface area (Å²) in [7, 11) is 0. The van der Waals surface area contributed by atoms with E-state index >= 15 is 0 Å². The van der Waals surface area contributed by atoms with Crippen molar-refractivity contribution in [2.75, 3.05) is 13.1 Å². The SMILES string of the molecule is CCc1ccc(CC(NN)C(C)(C)N2CCCC2)nc1. The Morgan fingerprint density at radius 1 is 1.35 bits per heavy atom. The highest BCUT2D eigenvalue weighted by Crippen LogP contribution is 2.25. The Kier molecular flexibility index (Phi) is 5.13. The number of aryl methyl sites for hydroxylation is 1. The number of nitrogens with zero attached hydrogens (tertiary/aromatic N) is 2. The van der Waals surface area contributed by atoms with Crippen LogP contribution in [0, 0.1) is 0 Å². The van der Waals surface area contributed by atoms with Crippen LogP contribution in [0.15, 0.2) is 18.3 Å². The molecule has 1 unspecified atom stereocenters. The zero-order valence-corrected chi connectivity index (χ0v) is 13.0. The van der Waals surface area contributed by atoms with Gasteiger partial charge in [0.2, 0.25) is 0 Å². The lowest BCUT2D eigenvalue weighted by molar-refractivity contribution is 0.106. The summed E-state index contributed by atoms with van der Waals surface area (Å²) in [5, 5.41) is 0. The van der Waals surface area contributed by atoms with Crippen molar-refractivity contribution in [3.05, 3.63) is 29.6 Å². The second-order valence-corrected chi connectivity index (χ2v) is 6.28. The largest absolute Gasteiger partial charge is 0.297 e. The van der Waals surface area contributed by atoms with Crippen LogP contribution in [0.3, 0.4) is 0 Å². The van der Waals surface area contributed by atoms with Crippen LogP contribution < -0.4 is 11.3 Å². The minimum atomic E-state index is 0.0519. The minimum absolute atomic E-state index is 0.0519. The lowest BCUT2D eigenvalue weighted by Crippen LogP contribution is -2.59. The Balaban J connectivity index is 2.06. The fourth-order valence-electron chi connectivity index (χ4n) is 3.02. The highest BCUT2D eigenvalue weighted by molar-refractivity contribution is 5.15. The van der Waals surface area contributed by atoms with E-state index in [0.717, 1.165) is 18.5 Å². The first kappa shape index (κ1) is 15.4. The monoisotopic (exact) mass is 276 g/mol. The average molecular weight is 276 g/mol. The molecule has 0 spiro atoms. The molecule has 1 aliphatic heterocycles. The maximum atomic E-state index is 5.83. The number of hydrogen-bond acceptors (Lipinski definition) is 4. The number of nitrogens with one attached hydrogen (secondary N) is 1. The molecule has 0 aromatic carbocycles. The quantitative estimate of drug-likeness (QED) is 0.615. The van der Waals surface area contributed by atoms with Gasteiger partial charge in [-0.05, 0) is 57.8 Å². The number of aromatic nitrogens is 1. The van der Waals surface area contributed by atoms with Gasteiger partial charge >= 0.3 is 0 Å². The Bertz CT molecular complexity index is 407. The molecule has 2 heterocycles. The summed E-state index contributed by atoms with van der Waals surface area (Å²) in [6, 6.07) is 4.50. The molecule has 112 valence electrons. The number of rotatable bonds is 6. The standard InChI is InChI=1S/C16H28N4/c1-4-13-7-8-14(18-12-13)11-15(19-17)16(2,3)20-9-5-6-10-20/h7-8,12,15,19H,4-6,9-11,17H2,1-3H3. The first-order valence-electron chi connectivity index (χ1n) is 7.73. The second-order valence-electron chi connectivity index (χ2n) is 6.28. The van der Waals surface area contributed by atoms with Gasteiger partial charge in [-0.1, -0.05) is 13.0 Å². The third kappa shape index (κ3) is 3.37. The van der Waals surface area contributed by atoms with E-state index in [-0.39, 0.29) is 11.6 Å². The molecule has 0 aliphatic carbocycles. The van der Waals surface area contributed by atoms with E-state index in [4.69, 9.17) is 5.84 Å². The van der Waals surface area contributed by atoms with Crippen LogP contribution in [0.2, 0.25) is 0 Å². The summed E-state index contributed by atoms with van der Waals surface area (Å²) in [5.74, 6) is 5.83. The lowest BCUT2D eigenvalue weighted by atomic mass is 9.89. The van der Waals surface area contributed by atoms with Crippen LogP contribution in [-0.2, 0) is 12.8 Å². The molecule has 1 aromatic rings. The van der Waals surface area contributed by atoms with Gasteiger partial charge in [-0.15, -0.1) is 0 Å². The zero-order valence-electron chi connectivity index (χ0n) is 13.0. The molecule has 1 fully saturated rings. The smallest absolute Gasteiger partial charge is 0.0444 e. The number of likely N-dealkylation sites (tertiary alicyclic amines) is 1. The maximum Gasteiger partial charge on any atom is 0.0444 e. The van der Waals surface area contributed by atoms with E-state index in [0.29, 0.717) is 0 Å². The molecule has 4 heteroatoms. The fourth-order valence-corrected chi connectivity index (χ4v) is 3.02. The molecule has 0 saturated carbocycles. The number of pyridine rings is 1. The van der Waals surface area contributed by atoms with Gasteiger partial charge in [0.15, 0.2) is 0 Å². The topological polar surface area (TPSA) is 54.2 Å². The molecule has 20 heavy (non-hydrogen) atoms. The van der Waals surface area contributed by atoms with Gasteiger partial charge in [-0.2, -0.15) is 0 Å². The molecule has 2 rings (SSSR count). The Morgan fingerprint density at radius 2 is 2.05 bits per heavy atom. The molecule has 1 aliphatic rings. The van der Waals surface area contributed by atoms with Gasteiger partial charge in [-0.25, -0.2) is 0 Å². The summed E-state index contributed by atoms with van der Waals surface area (Å²) in [6.45, 7) is 9.06. The summed E-state index contributed by atoms with van der Waals surface area (Å²) in [5.41, 5.74) is 5.46. The van der Waals surface area contributed by atoms with Crippen molar-refractivity contribution in [3.8, 4) is 0 Å². The summed E-state index contributed by atoms with van der Waals surface area (Å²) < 4.78 is 0. The van der Waals surface area contributed by atoms with Crippen molar-refractivity contribution in [1.82, 2.24) is 15.3 Å². The molecule has 1 atom stereocenters. The predicted molar refractivity (Wildman–Crippen MR) is 83.3 cm³/mol. The van der Waals surface area contributed by atoms with E-state index in [2.05, 4.69) is 48.2 Å². The Morgan fingerprint density at radius 3 is 2.55 bits per heavy atom. The first-order valence-corrected chi connectivity index (χ1v) is 7.73. The molecule has 0 bridgehead atoms. The van der Waals surface area contributed by atoms with Crippen LogP contribution in [0.5, 0.6) is 0 Å². The molecular formula is C16H28N4. The Labute approximate surface area is 122 Å². The van der Waals surface area contributed by atoms with E-state index in [1.807, 2.05) is 6.20 Å². The molecular weight excluding hydrogens is 248 g/mol. The normalized spacial score (nSPS) is 18.4. The van der Waals surface area contributed by atoms with Gasteiger partial charge in [0.05, 0.1) is 0 Å². The van der Waals surface area contributed by atoms with Crippen molar-refractivity contribution in [1.29, 1.82) is 0 Å². The third-order valence-electron chi connectivity index (χ3n) is 4.68. The van der Waals surface area contributed by atoms with Gasteiger partial charge in [0.1, 0.15) is 0 Å². The fraction of sp³-hybridized carbons (Fsp3) is 0.688. The lowest BCUT2D eigenvalue weighted by Gasteiger charge is -2.41. The van der Waals surface area contributed by atoms with Gasteiger partial charge in [0.25, 0.3) is 0 Å². The second kappa shape index (κ2) is 6.66. The van der Waals surface area contributed by atoms with Crippen molar-refractivity contribution in [2.45, 2.75) is 58.0 Å². The number of hydrazine groups is 1. The number of hydrogen-bond donors (Lipinski definition) is 2. The molecule has 4 nitrogen and oxygen atoms in total. The first-order chi connectivity index (χ1) is 9.57. The van der Waals surface area contributed by atoms with E-state index in [9.17, 15) is 0 Å². The van der Waals surface area contributed by atoms with Crippen molar-refractivity contribution in [2.24, 2.45) is 5.84 Å². The predicted octanol–water partition coefficient (Wildman–Crippen LogP) is 1.89. The van der Waals surface area contributed by atoms with Crippen molar-refractivity contribution >= 4 is 0 Å². The maximum absolute atomic E-state index is 5.83. The van der Waals surface area contributed by atoms with Gasteiger partial charge < -0.3 is 0 Å². The van der Waals surface area contributed by atoms with Crippen molar-refractivity contribution in [3.63, 3.8) is 0 Å². The van der Waals surface area contributed by atoms with Gasteiger partial charge in [0, 0.05) is 29.9 Å². The summed E-state index contributed by atoms with van der Waals surface area (Å²) in [4.78, 5) is 7.10. The van der Waals surface area contributed by atoms with E-state index in [1.54, 1.807) is 0 Å². The van der Waals surface area contributed by atoms with Crippen molar-refractivity contribution < 1.29 is 0 Å². The molecule has 1 aromatic heterocycles. The third-order valence-corrected chi connectivity index (χ3v) is 4.68. The highest BCUT2D eigenvalue weighted by atomic mass is 15.3. The molecule has 3 N–H and O–H groups in total. The van der Waals surface area contributed by atoms with E-state index in [1.165, 1.54) is 31.5 Å². The van der Waals surface area contributed by atoms with Crippen LogP contribution in [0.25, 0.3) is 0 Å². The summed E-state index contributed by atoms with van der Waals surface area (Å²) in [6.07, 6.45) is 6.47. The summed E-state index contributed by atoms with van der Waals surface area (Å²) >= 11 is 0. The van der Waals surface area contributed by atoms with Crippen LogP contribution in [-0.4, -0.2) is 34.6 Å². The zero-order chi connectivity index (χ0) is 14.6. The van der Waals surface area contributed by atoms with E-state index < -0.39 is 0 Å². The van der Waals surface area contributed by atoms with Crippen LogP contribution in [0.1, 0.15) is 44.9 Å².